The van der Waals surface area contributed by atoms with Crippen molar-refractivity contribution in [2.45, 2.75) is 51.6 Å². The molecule has 0 aromatic heterocycles. The van der Waals surface area contributed by atoms with E-state index >= 15 is 0 Å². The molecule has 102 valence electrons. The van der Waals surface area contributed by atoms with E-state index in [4.69, 9.17) is 5.73 Å². The minimum atomic E-state index is 0.568. The van der Waals surface area contributed by atoms with Gasteiger partial charge in [-0.2, -0.15) is 0 Å². The quantitative estimate of drug-likeness (QED) is 0.769. The fourth-order valence-corrected chi connectivity index (χ4v) is 3.20. The topological polar surface area (TPSA) is 32.5 Å². The van der Waals surface area contributed by atoms with Crippen LogP contribution in [0.5, 0.6) is 0 Å². The number of nitrogens with two attached hydrogens (primary N) is 1. The lowest BCUT2D eigenvalue weighted by Gasteiger charge is -2.41. The summed E-state index contributed by atoms with van der Waals surface area (Å²) in [5.41, 5.74) is 6.01. The third-order valence-electron chi connectivity index (χ3n) is 4.62. The minimum Gasteiger partial charge on any atom is -0.329 e. The van der Waals surface area contributed by atoms with Crippen molar-refractivity contribution in [2.24, 2.45) is 11.7 Å². The Hall–Kier alpha value is -0.120. The van der Waals surface area contributed by atoms with Crippen LogP contribution in [-0.2, 0) is 0 Å². The van der Waals surface area contributed by atoms with Gasteiger partial charge in [-0.05, 0) is 45.9 Å². The van der Waals surface area contributed by atoms with Gasteiger partial charge in [0.25, 0.3) is 0 Å². The lowest BCUT2D eigenvalue weighted by atomic mass is 9.90. The van der Waals surface area contributed by atoms with Crippen molar-refractivity contribution in [1.29, 1.82) is 0 Å². The molecule has 3 nitrogen and oxygen atoms in total. The van der Waals surface area contributed by atoms with Gasteiger partial charge in [-0.3, -0.25) is 4.90 Å². The van der Waals surface area contributed by atoms with E-state index in [0.717, 1.165) is 18.5 Å². The number of hydrogen-bond donors (Lipinski definition) is 1. The summed E-state index contributed by atoms with van der Waals surface area (Å²) in [6, 6.07) is 1.30. The van der Waals surface area contributed by atoms with Crippen LogP contribution in [0.4, 0.5) is 0 Å². The summed E-state index contributed by atoms with van der Waals surface area (Å²) in [6.45, 7) is 7.85. The molecule has 1 fully saturated rings. The molecule has 1 heterocycles. The molecule has 0 aromatic carbocycles. The number of piperidine rings is 1. The summed E-state index contributed by atoms with van der Waals surface area (Å²) in [5, 5.41) is 0. The zero-order valence-electron chi connectivity index (χ0n) is 12.2. The smallest absolute Gasteiger partial charge is 0.0246 e. The summed E-state index contributed by atoms with van der Waals surface area (Å²) >= 11 is 0. The molecule has 3 heteroatoms. The Morgan fingerprint density at radius 3 is 2.18 bits per heavy atom. The summed E-state index contributed by atoms with van der Waals surface area (Å²) in [6.07, 6.45) is 5.08. The molecule has 0 amide bonds. The Bertz CT molecular complexity index is 196. The van der Waals surface area contributed by atoms with Crippen molar-refractivity contribution in [3.05, 3.63) is 0 Å². The third kappa shape index (κ3) is 3.94. The monoisotopic (exact) mass is 241 g/mol. The molecule has 1 aliphatic heterocycles. The molecule has 0 spiro atoms. The predicted molar refractivity (Wildman–Crippen MR) is 75.2 cm³/mol. The van der Waals surface area contributed by atoms with Gasteiger partial charge in [-0.25, -0.2) is 0 Å². The van der Waals surface area contributed by atoms with Gasteiger partial charge in [0, 0.05) is 18.6 Å². The van der Waals surface area contributed by atoms with Crippen LogP contribution in [0.1, 0.15) is 39.5 Å². The normalized spacial score (nSPS) is 21.4. The lowest BCUT2D eigenvalue weighted by molar-refractivity contribution is 0.0788. The van der Waals surface area contributed by atoms with E-state index in [1.54, 1.807) is 0 Å². The van der Waals surface area contributed by atoms with Gasteiger partial charge in [0.15, 0.2) is 0 Å². The molecule has 1 atom stereocenters. The van der Waals surface area contributed by atoms with Crippen LogP contribution in [-0.4, -0.2) is 55.6 Å². The molecular weight excluding hydrogens is 210 g/mol. The van der Waals surface area contributed by atoms with E-state index < -0.39 is 0 Å². The molecule has 0 bridgehead atoms. The molecular formula is C14H31N3. The van der Waals surface area contributed by atoms with E-state index in [1.807, 2.05) is 0 Å². The third-order valence-corrected chi connectivity index (χ3v) is 4.62. The van der Waals surface area contributed by atoms with Crippen molar-refractivity contribution in [1.82, 2.24) is 9.80 Å². The number of nitrogens with zero attached hydrogens (tertiary/aromatic N) is 2. The van der Waals surface area contributed by atoms with Gasteiger partial charge in [0.05, 0.1) is 0 Å². The highest BCUT2D eigenvalue weighted by molar-refractivity contribution is 4.85. The maximum Gasteiger partial charge on any atom is 0.0246 e. The zero-order valence-corrected chi connectivity index (χ0v) is 12.2. The average Bonchev–Trinajstić information content (AvgIpc) is 2.36. The second-order valence-electron chi connectivity index (χ2n) is 5.58. The Labute approximate surface area is 107 Å². The summed E-state index contributed by atoms with van der Waals surface area (Å²) in [5.74, 6) is 0.754. The largest absolute Gasteiger partial charge is 0.329 e. The Balaban J connectivity index is 2.55. The first-order valence-electron chi connectivity index (χ1n) is 7.24. The molecule has 1 saturated heterocycles. The van der Waals surface area contributed by atoms with Crippen molar-refractivity contribution in [2.75, 3.05) is 33.7 Å². The van der Waals surface area contributed by atoms with Gasteiger partial charge in [-0.15, -0.1) is 0 Å². The Morgan fingerprint density at radius 2 is 1.76 bits per heavy atom. The summed E-state index contributed by atoms with van der Waals surface area (Å²) in [4.78, 5) is 5.00. The fraction of sp³-hybridized carbons (Fsp3) is 1.00. The lowest BCUT2D eigenvalue weighted by Crippen LogP contribution is -2.51. The van der Waals surface area contributed by atoms with Crippen LogP contribution in [0.25, 0.3) is 0 Å². The highest BCUT2D eigenvalue weighted by Crippen LogP contribution is 2.23. The van der Waals surface area contributed by atoms with E-state index in [-0.39, 0.29) is 0 Å². The number of rotatable bonds is 6. The molecule has 0 aromatic rings. The second kappa shape index (κ2) is 7.34. The van der Waals surface area contributed by atoms with Crippen LogP contribution in [0.2, 0.25) is 0 Å². The standard InChI is InChI=1S/C14H31N3/c1-5-12(6-2)14(11-15)17(4)13-7-9-16(3)10-8-13/h12-14H,5-11,15H2,1-4H3. The fourth-order valence-electron chi connectivity index (χ4n) is 3.20. The molecule has 0 saturated carbocycles. The van der Waals surface area contributed by atoms with Crippen molar-refractivity contribution >= 4 is 0 Å². The highest BCUT2D eigenvalue weighted by atomic mass is 15.2. The van der Waals surface area contributed by atoms with Gasteiger partial charge in [-0.1, -0.05) is 26.7 Å². The van der Waals surface area contributed by atoms with Crippen molar-refractivity contribution in [3.63, 3.8) is 0 Å². The highest BCUT2D eigenvalue weighted by Gasteiger charge is 2.28. The maximum atomic E-state index is 6.01. The summed E-state index contributed by atoms with van der Waals surface area (Å²) in [7, 11) is 4.50. The van der Waals surface area contributed by atoms with E-state index in [2.05, 4.69) is 37.7 Å². The van der Waals surface area contributed by atoms with E-state index in [0.29, 0.717) is 6.04 Å². The zero-order chi connectivity index (χ0) is 12.8. The average molecular weight is 241 g/mol. The van der Waals surface area contributed by atoms with Gasteiger partial charge >= 0.3 is 0 Å². The van der Waals surface area contributed by atoms with Crippen LogP contribution in [0, 0.1) is 5.92 Å². The molecule has 1 rings (SSSR count). The molecule has 0 aliphatic carbocycles. The van der Waals surface area contributed by atoms with Gasteiger partial charge in [0.2, 0.25) is 0 Å². The van der Waals surface area contributed by atoms with Gasteiger partial charge in [0.1, 0.15) is 0 Å². The number of likely N-dealkylation sites (N-methyl/N-ethyl adjacent to an activating group) is 1. The van der Waals surface area contributed by atoms with Crippen molar-refractivity contribution < 1.29 is 0 Å². The Kier molecular flexibility index (Phi) is 6.45. The van der Waals surface area contributed by atoms with E-state index in [1.165, 1.54) is 38.8 Å². The maximum absolute atomic E-state index is 6.01. The van der Waals surface area contributed by atoms with Crippen LogP contribution >= 0.6 is 0 Å². The van der Waals surface area contributed by atoms with Crippen molar-refractivity contribution in [3.8, 4) is 0 Å². The first kappa shape index (κ1) is 14.9. The first-order valence-corrected chi connectivity index (χ1v) is 7.24. The number of likely N-dealkylation sites (tertiary alicyclic amines) is 1. The molecule has 1 aliphatic rings. The number of hydrogen-bond acceptors (Lipinski definition) is 3. The molecule has 1 unspecified atom stereocenters. The Morgan fingerprint density at radius 1 is 1.24 bits per heavy atom. The van der Waals surface area contributed by atoms with Crippen LogP contribution in [0.15, 0.2) is 0 Å². The van der Waals surface area contributed by atoms with E-state index in [9.17, 15) is 0 Å². The summed E-state index contributed by atoms with van der Waals surface area (Å²) < 4.78 is 0. The van der Waals surface area contributed by atoms with Crippen LogP contribution < -0.4 is 5.73 Å². The molecule has 2 N–H and O–H groups in total. The van der Waals surface area contributed by atoms with Gasteiger partial charge < -0.3 is 10.6 Å². The van der Waals surface area contributed by atoms with Crippen LogP contribution in [0.3, 0.4) is 0 Å². The molecule has 17 heavy (non-hydrogen) atoms. The minimum absolute atomic E-state index is 0.568. The predicted octanol–water partition coefficient (Wildman–Crippen LogP) is 1.78. The first-order chi connectivity index (χ1) is 8.13. The second-order valence-corrected chi connectivity index (χ2v) is 5.58. The SMILES string of the molecule is CCC(CC)C(CN)N(C)C1CCN(C)CC1. The molecule has 0 radical (unpaired) electrons.